The van der Waals surface area contributed by atoms with E-state index in [1.165, 1.54) is 6.07 Å². The topological polar surface area (TPSA) is 61.8 Å². The molecule has 0 radical (unpaired) electrons. The Morgan fingerprint density at radius 1 is 1.41 bits per heavy atom. The molecule has 0 aromatic heterocycles. The minimum absolute atomic E-state index is 0.316. The fourth-order valence-corrected chi connectivity index (χ4v) is 1.24. The normalized spacial score (nSPS) is 10.8. The monoisotopic (exact) mass is 263 g/mol. The van der Waals surface area contributed by atoms with Gasteiger partial charge < -0.3 is 11.1 Å². The standard InChI is InChI=1S/C9H5F4N3S/c10-6-5(9(11,12)13)2-1-4(3-14)7(6)16-8(15)17/h1-2H,(H3,15,16,17). The summed E-state index contributed by atoms with van der Waals surface area (Å²) in [7, 11) is 0. The van der Waals surface area contributed by atoms with Gasteiger partial charge in [-0.15, -0.1) is 0 Å². The summed E-state index contributed by atoms with van der Waals surface area (Å²) in [4.78, 5) is 0. The first-order valence-corrected chi connectivity index (χ1v) is 4.54. The highest BCUT2D eigenvalue weighted by Crippen LogP contribution is 2.35. The Morgan fingerprint density at radius 2 is 2.00 bits per heavy atom. The van der Waals surface area contributed by atoms with Crippen LogP contribution in [0.3, 0.4) is 0 Å². The SMILES string of the molecule is N#Cc1ccc(C(F)(F)F)c(F)c1NC(N)=S. The zero-order valence-corrected chi connectivity index (χ0v) is 8.92. The summed E-state index contributed by atoms with van der Waals surface area (Å²) < 4.78 is 50.7. The maximum atomic E-state index is 13.5. The molecule has 0 spiro atoms. The van der Waals surface area contributed by atoms with Crippen LogP contribution in [0.1, 0.15) is 11.1 Å². The highest BCUT2D eigenvalue weighted by atomic mass is 32.1. The molecule has 0 fully saturated rings. The van der Waals surface area contributed by atoms with Crippen molar-refractivity contribution in [1.29, 1.82) is 5.26 Å². The fourth-order valence-electron chi connectivity index (χ4n) is 1.13. The van der Waals surface area contributed by atoms with Gasteiger partial charge in [-0.1, -0.05) is 0 Å². The zero-order valence-electron chi connectivity index (χ0n) is 8.10. The van der Waals surface area contributed by atoms with Gasteiger partial charge in [0.1, 0.15) is 6.07 Å². The lowest BCUT2D eigenvalue weighted by Crippen LogP contribution is -2.22. The molecule has 0 aliphatic rings. The quantitative estimate of drug-likeness (QED) is 0.603. The van der Waals surface area contributed by atoms with Gasteiger partial charge in [-0.25, -0.2) is 4.39 Å². The average molecular weight is 263 g/mol. The summed E-state index contributed by atoms with van der Waals surface area (Å²) in [6, 6.07) is 2.86. The van der Waals surface area contributed by atoms with E-state index >= 15 is 0 Å². The van der Waals surface area contributed by atoms with E-state index in [0.29, 0.717) is 6.07 Å². The van der Waals surface area contributed by atoms with Crippen LogP contribution < -0.4 is 11.1 Å². The van der Waals surface area contributed by atoms with E-state index in [2.05, 4.69) is 12.2 Å². The first kappa shape index (κ1) is 13.2. The Hall–Kier alpha value is -1.88. The van der Waals surface area contributed by atoms with Crippen molar-refractivity contribution in [3.05, 3.63) is 29.1 Å². The average Bonchev–Trinajstić information content (AvgIpc) is 2.18. The Bertz CT molecular complexity index is 504. The largest absolute Gasteiger partial charge is 0.419 e. The van der Waals surface area contributed by atoms with Crippen molar-refractivity contribution in [2.45, 2.75) is 6.18 Å². The van der Waals surface area contributed by atoms with E-state index in [9.17, 15) is 17.6 Å². The number of thiocarbonyl (C=S) groups is 1. The molecule has 0 saturated heterocycles. The maximum absolute atomic E-state index is 13.5. The Kier molecular flexibility index (Phi) is 3.53. The summed E-state index contributed by atoms with van der Waals surface area (Å²) in [6.07, 6.45) is -4.86. The van der Waals surface area contributed by atoms with Crippen molar-refractivity contribution >= 4 is 23.0 Å². The fraction of sp³-hybridized carbons (Fsp3) is 0.111. The van der Waals surface area contributed by atoms with Crippen molar-refractivity contribution in [2.75, 3.05) is 5.32 Å². The van der Waals surface area contributed by atoms with Gasteiger partial charge in [0.15, 0.2) is 10.9 Å². The van der Waals surface area contributed by atoms with Gasteiger partial charge in [0, 0.05) is 0 Å². The second-order valence-electron chi connectivity index (χ2n) is 2.95. The summed E-state index contributed by atoms with van der Waals surface area (Å²) in [5, 5.41) is 10.2. The smallest absolute Gasteiger partial charge is 0.376 e. The molecule has 0 amide bonds. The van der Waals surface area contributed by atoms with E-state index in [4.69, 9.17) is 11.0 Å². The molecule has 17 heavy (non-hydrogen) atoms. The van der Waals surface area contributed by atoms with Crippen LogP contribution in [-0.2, 0) is 6.18 Å². The summed E-state index contributed by atoms with van der Waals surface area (Å²) in [6.45, 7) is 0. The Balaban J connectivity index is 3.44. The number of benzene rings is 1. The van der Waals surface area contributed by atoms with Gasteiger partial charge in [-0.2, -0.15) is 18.4 Å². The van der Waals surface area contributed by atoms with Gasteiger partial charge in [0.05, 0.1) is 16.8 Å². The number of hydrogen-bond acceptors (Lipinski definition) is 2. The van der Waals surface area contributed by atoms with Crippen LogP contribution in [0.4, 0.5) is 23.2 Å². The third-order valence-corrected chi connectivity index (χ3v) is 1.92. The molecule has 0 saturated carbocycles. The second-order valence-corrected chi connectivity index (χ2v) is 3.39. The predicted molar refractivity (Wildman–Crippen MR) is 56.5 cm³/mol. The van der Waals surface area contributed by atoms with Crippen LogP contribution >= 0.6 is 12.2 Å². The van der Waals surface area contributed by atoms with E-state index in [1.807, 2.05) is 5.32 Å². The lowest BCUT2D eigenvalue weighted by atomic mass is 10.1. The van der Waals surface area contributed by atoms with Crippen molar-refractivity contribution in [3.8, 4) is 6.07 Å². The first-order valence-electron chi connectivity index (χ1n) is 4.13. The lowest BCUT2D eigenvalue weighted by molar-refractivity contribution is -0.139. The van der Waals surface area contributed by atoms with Gasteiger partial charge in [-0.3, -0.25) is 0 Å². The third kappa shape index (κ3) is 2.82. The molecule has 0 unspecified atom stereocenters. The molecule has 1 rings (SSSR count). The highest BCUT2D eigenvalue weighted by molar-refractivity contribution is 7.80. The number of rotatable bonds is 1. The molecule has 0 aliphatic carbocycles. The molecular formula is C9H5F4N3S. The zero-order chi connectivity index (χ0) is 13.2. The number of halogens is 4. The molecule has 0 bridgehead atoms. The van der Waals surface area contributed by atoms with E-state index in [-0.39, 0.29) is 5.56 Å². The molecular weight excluding hydrogens is 258 g/mol. The number of nitriles is 1. The van der Waals surface area contributed by atoms with Crippen molar-refractivity contribution < 1.29 is 17.6 Å². The van der Waals surface area contributed by atoms with Gasteiger partial charge >= 0.3 is 6.18 Å². The van der Waals surface area contributed by atoms with Crippen molar-refractivity contribution in [2.24, 2.45) is 5.73 Å². The van der Waals surface area contributed by atoms with E-state index < -0.39 is 28.4 Å². The molecule has 8 heteroatoms. The van der Waals surface area contributed by atoms with Crippen molar-refractivity contribution in [3.63, 3.8) is 0 Å². The maximum Gasteiger partial charge on any atom is 0.419 e. The molecule has 0 heterocycles. The number of nitrogens with one attached hydrogen (secondary N) is 1. The number of anilines is 1. The van der Waals surface area contributed by atoms with Crippen LogP contribution in [0.25, 0.3) is 0 Å². The molecule has 0 aliphatic heterocycles. The highest BCUT2D eigenvalue weighted by Gasteiger charge is 2.35. The third-order valence-electron chi connectivity index (χ3n) is 1.82. The van der Waals surface area contributed by atoms with E-state index in [0.717, 1.165) is 6.07 Å². The minimum atomic E-state index is -4.86. The second kappa shape index (κ2) is 4.55. The molecule has 0 atom stereocenters. The Morgan fingerprint density at radius 3 is 2.41 bits per heavy atom. The van der Waals surface area contributed by atoms with Crippen molar-refractivity contribution in [1.82, 2.24) is 0 Å². The van der Waals surface area contributed by atoms with Crippen LogP contribution in [0.2, 0.25) is 0 Å². The number of nitrogens with two attached hydrogens (primary N) is 1. The van der Waals surface area contributed by atoms with E-state index in [1.54, 1.807) is 0 Å². The van der Waals surface area contributed by atoms with Crippen LogP contribution in [0.5, 0.6) is 0 Å². The minimum Gasteiger partial charge on any atom is -0.376 e. The van der Waals surface area contributed by atoms with Gasteiger partial charge in [0.25, 0.3) is 0 Å². The van der Waals surface area contributed by atoms with Gasteiger partial charge in [-0.05, 0) is 24.4 Å². The summed E-state index contributed by atoms with van der Waals surface area (Å²) in [5.41, 5.74) is 2.56. The number of hydrogen-bond donors (Lipinski definition) is 2. The summed E-state index contributed by atoms with van der Waals surface area (Å²) >= 11 is 4.39. The number of alkyl halides is 3. The predicted octanol–water partition coefficient (Wildman–Crippen LogP) is 2.37. The molecule has 3 nitrogen and oxygen atoms in total. The van der Waals surface area contributed by atoms with Gasteiger partial charge in [0.2, 0.25) is 0 Å². The first-order chi connectivity index (χ1) is 7.77. The lowest BCUT2D eigenvalue weighted by Gasteiger charge is -2.13. The number of nitrogens with zero attached hydrogens (tertiary/aromatic N) is 1. The molecule has 3 N–H and O–H groups in total. The van der Waals surface area contributed by atoms with Crippen LogP contribution in [0.15, 0.2) is 12.1 Å². The molecule has 1 aromatic rings. The molecule has 90 valence electrons. The van der Waals surface area contributed by atoms with Crippen LogP contribution in [0, 0.1) is 17.1 Å². The Labute approximate surface area is 98.8 Å². The molecule has 1 aromatic carbocycles. The summed E-state index contributed by atoms with van der Waals surface area (Å²) in [5.74, 6) is -1.61. The van der Waals surface area contributed by atoms with Crippen LogP contribution in [-0.4, -0.2) is 5.11 Å².